The van der Waals surface area contributed by atoms with E-state index in [1.54, 1.807) is 0 Å². The van der Waals surface area contributed by atoms with Crippen LogP contribution in [0.25, 0.3) is 0 Å². The van der Waals surface area contributed by atoms with Gasteiger partial charge in [0.25, 0.3) is 0 Å². The summed E-state index contributed by atoms with van der Waals surface area (Å²) in [5.41, 5.74) is 2.93. The van der Waals surface area contributed by atoms with Crippen molar-refractivity contribution in [3.63, 3.8) is 0 Å². The molecular weight excluding hydrogens is 463 g/mol. The van der Waals surface area contributed by atoms with Crippen molar-refractivity contribution in [2.45, 2.75) is 32.2 Å². The Morgan fingerprint density at radius 1 is 1.18 bits per heavy atom. The quantitative estimate of drug-likeness (QED) is 0.281. The van der Waals surface area contributed by atoms with Crippen LogP contribution in [0, 0.1) is 0 Å². The smallest absolute Gasteiger partial charge is 0.193 e. The van der Waals surface area contributed by atoms with E-state index in [4.69, 9.17) is 4.74 Å². The lowest BCUT2D eigenvalue weighted by atomic mass is 10.0. The van der Waals surface area contributed by atoms with E-state index in [-0.39, 0.29) is 24.0 Å². The van der Waals surface area contributed by atoms with E-state index < -0.39 is 0 Å². The van der Waals surface area contributed by atoms with Crippen LogP contribution in [0.3, 0.4) is 0 Å². The fraction of sp³-hybridized carbons (Fsp3) is 0.591. The summed E-state index contributed by atoms with van der Waals surface area (Å²) in [6.07, 6.45) is 5.52. The summed E-state index contributed by atoms with van der Waals surface area (Å²) in [6.45, 7) is 9.08. The molecule has 0 amide bonds. The third-order valence-corrected chi connectivity index (χ3v) is 5.62. The standard InChI is InChI=1S/C22H34N4O.HI/c1-3-21(20-7-5-4-6-8-20)25-13-15-26(16-14-25)22(23-2)24-12-9-19-10-17-27-18-11-19;/h4-8,10,21H,3,9,11-18H2,1-2H3,(H,23,24);1H. The molecule has 6 heteroatoms. The Bertz CT molecular complexity index is 627. The topological polar surface area (TPSA) is 40.1 Å². The lowest BCUT2D eigenvalue weighted by Crippen LogP contribution is -2.53. The number of aliphatic imine (C=N–C) groups is 1. The number of nitrogens with one attached hydrogen (secondary N) is 1. The molecule has 1 fully saturated rings. The summed E-state index contributed by atoms with van der Waals surface area (Å²) in [4.78, 5) is 9.52. The van der Waals surface area contributed by atoms with Crippen LogP contribution in [0.5, 0.6) is 0 Å². The van der Waals surface area contributed by atoms with Gasteiger partial charge in [-0.1, -0.05) is 48.9 Å². The number of benzene rings is 1. The maximum absolute atomic E-state index is 5.38. The third kappa shape index (κ3) is 6.46. The van der Waals surface area contributed by atoms with Crippen LogP contribution < -0.4 is 5.32 Å². The highest BCUT2D eigenvalue weighted by atomic mass is 127. The van der Waals surface area contributed by atoms with Gasteiger partial charge in [-0.25, -0.2) is 0 Å². The van der Waals surface area contributed by atoms with Crippen LogP contribution in [0.1, 0.15) is 37.8 Å². The first kappa shape index (κ1) is 23.2. The van der Waals surface area contributed by atoms with Crippen molar-refractivity contribution in [2.24, 2.45) is 4.99 Å². The van der Waals surface area contributed by atoms with Crippen molar-refractivity contribution in [2.75, 3.05) is 53.0 Å². The zero-order valence-corrected chi connectivity index (χ0v) is 19.6. The van der Waals surface area contributed by atoms with Gasteiger partial charge in [0.1, 0.15) is 0 Å². The van der Waals surface area contributed by atoms with E-state index in [1.165, 1.54) is 11.1 Å². The van der Waals surface area contributed by atoms with E-state index in [2.05, 4.69) is 63.4 Å². The van der Waals surface area contributed by atoms with Crippen LogP contribution in [0.2, 0.25) is 0 Å². The van der Waals surface area contributed by atoms with Gasteiger partial charge in [0.2, 0.25) is 0 Å². The van der Waals surface area contributed by atoms with Crippen LogP contribution in [0.15, 0.2) is 47.0 Å². The number of nitrogens with zero attached hydrogens (tertiary/aromatic N) is 3. The minimum atomic E-state index is 0. The van der Waals surface area contributed by atoms with Gasteiger partial charge in [-0.15, -0.1) is 24.0 Å². The molecule has 0 aromatic heterocycles. The average Bonchev–Trinajstić information content (AvgIpc) is 2.74. The van der Waals surface area contributed by atoms with E-state index in [9.17, 15) is 0 Å². The largest absolute Gasteiger partial charge is 0.377 e. The Kier molecular flexibility index (Phi) is 10.3. The number of halogens is 1. The Hall–Kier alpha value is -1.12. The van der Waals surface area contributed by atoms with Crippen molar-refractivity contribution in [3.05, 3.63) is 47.5 Å². The second-order valence-electron chi connectivity index (χ2n) is 7.27. The van der Waals surface area contributed by atoms with E-state index in [1.807, 2.05) is 7.05 Å². The molecule has 0 bridgehead atoms. The second-order valence-corrected chi connectivity index (χ2v) is 7.27. The number of rotatable bonds is 6. The summed E-state index contributed by atoms with van der Waals surface area (Å²) in [5.74, 6) is 1.04. The van der Waals surface area contributed by atoms with Gasteiger partial charge in [-0.3, -0.25) is 9.89 Å². The van der Waals surface area contributed by atoms with Crippen molar-refractivity contribution in [1.82, 2.24) is 15.1 Å². The summed E-state index contributed by atoms with van der Waals surface area (Å²) >= 11 is 0. The predicted octanol–water partition coefficient (Wildman–Crippen LogP) is 3.69. The molecule has 1 N–H and O–H groups in total. The molecule has 1 saturated heterocycles. The summed E-state index contributed by atoms with van der Waals surface area (Å²) in [7, 11) is 1.89. The fourth-order valence-electron chi connectivity index (χ4n) is 4.08. The molecule has 3 rings (SSSR count). The Morgan fingerprint density at radius 3 is 2.54 bits per heavy atom. The number of guanidine groups is 1. The normalized spacial score (nSPS) is 19.6. The van der Waals surface area contributed by atoms with Crippen LogP contribution in [-0.2, 0) is 4.74 Å². The SMILES string of the molecule is CCC(c1ccccc1)N1CCN(C(=NC)NCCC2=CCOCC2)CC1.I. The number of ether oxygens (including phenoxy) is 1. The monoisotopic (exact) mass is 498 g/mol. The Labute approximate surface area is 187 Å². The van der Waals surface area contributed by atoms with Crippen molar-refractivity contribution in [3.8, 4) is 0 Å². The minimum absolute atomic E-state index is 0. The van der Waals surface area contributed by atoms with Crippen molar-refractivity contribution < 1.29 is 4.74 Å². The van der Waals surface area contributed by atoms with E-state index >= 15 is 0 Å². The molecule has 1 unspecified atom stereocenters. The molecule has 2 aliphatic rings. The van der Waals surface area contributed by atoms with Gasteiger partial charge in [0.15, 0.2) is 5.96 Å². The zero-order chi connectivity index (χ0) is 18.9. The second kappa shape index (κ2) is 12.4. The molecule has 2 heterocycles. The first-order chi connectivity index (χ1) is 13.3. The Morgan fingerprint density at radius 2 is 1.93 bits per heavy atom. The molecule has 5 nitrogen and oxygen atoms in total. The highest BCUT2D eigenvalue weighted by molar-refractivity contribution is 14.0. The van der Waals surface area contributed by atoms with Gasteiger partial charge >= 0.3 is 0 Å². The van der Waals surface area contributed by atoms with Gasteiger partial charge in [0, 0.05) is 45.8 Å². The van der Waals surface area contributed by atoms with Crippen molar-refractivity contribution in [1.29, 1.82) is 0 Å². The molecule has 156 valence electrons. The third-order valence-electron chi connectivity index (χ3n) is 5.62. The molecule has 28 heavy (non-hydrogen) atoms. The minimum Gasteiger partial charge on any atom is -0.377 e. The maximum atomic E-state index is 5.38. The number of hydrogen-bond donors (Lipinski definition) is 1. The van der Waals surface area contributed by atoms with Crippen LogP contribution >= 0.6 is 24.0 Å². The molecule has 1 atom stereocenters. The highest BCUT2D eigenvalue weighted by Gasteiger charge is 2.25. The first-order valence-electron chi connectivity index (χ1n) is 10.3. The zero-order valence-electron chi connectivity index (χ0n) is 17.3. The average molecular weight is 498 g/mol. The van der Waals surface area contributed by atoms with Crippen LogP contribution in [0.4, 0.5) is 0 Å². The summed E-state index contributed by atoms with van der Waals surface area (Å²) in [6, 6.07) is 11.4. The molecule has 0 radical (unpaired) electrons. The molecular formula is C22H35IN4O. The fourth-order valence-corrected chi connectivity index (χ4v) is 4.08. The molecule has 2 aliphatic heterocycles. The van der Waals surface area contributed by atoms with Crippen molar-refractivity contribution >= 4 is 29.9 Å². The molecule has 0 aliphatic carbocycles. The summed E-state index contributed by atoms with van der Waals surface area (Å²) in [5, 5.41) is 3.55. The lowest BCUT2D eigenvalue weighted by molar-refractivity contribution is 0.127. The molecule has 1 aromatic rings. The van der Waals surface area contributed by atoms with Gasteiger partial charge in [0.05, 0.1) is 13.2 Å². The molecule has 0 spiro atoms. The van der Waals surface area contributed by atoms with Gasteiger partial charge in [-0.2, -0.15) is 0 Å². The van der Waals surface area contributed by atoms with Crippen LogP contribution in [-0.4, -0.2) is 68.7 Å². The van der Waals surface area contributed by atoms with E-state index in [0.717, 1.165) is 71.2 Å². The number of piperazine rings is 1. The molecule has 0 saturated carbocycles. The Balaban J connectivity index is 0.00000280. The number of hydrogen-bond acceptors (Lipinski definition) is 3. The lowest BCUT2D eigenvalue weighted by Gasteiger charge is -2.40. The van der Waals surface area contributed by atoms with E-state index in [0.29, 0.717) is 6.04 Å². The predicted molar refractivity (Wildman–Crippen MR) is 128 cm³/mol. The first-order valence-corrected chi connectivity index (χ1v) is 10.3. The summed E-state index contributed by atoms with van der Waals surface area (Å²) < 4.78 is 5.38. The van der Waals surface area contributed by atoms with Gasteiger partial charge < -0.3 is 15.0 Å². The van der Waals surface area contributed by atoms with Gasteiger partial charge in [-0.05, 0) is 24.8 Å². The molecule has 1 aromatic carbocycles. The highest BCUT2D eigenvalue weighted by Crippen LogP contribution is 2.25. The maximum Gasteiger partial charge on any atom is 0.193 e.